The van der Waals surface area contributed by atoms with E-state index < -0.39 is 0 Å². The maximum Gasteiger partial charge on any atom is 0.0877 e. The van der Waals surface area contributed by atoms with Crippen molar-refractivity contribution in [3.05, 3.63) is 0 Å². The van der Waals surface area contributed by atoms with Crippen LogP contribution in [0.25, 0.3) is 0 Å². The third-order valence-electron chi connectivity index (χ3n) is 0.552. The smallest absolute Gasteiger partial charge is 0.0877 e. The van der Waals surface area contributed by atoms with Crippen LogP contribution in [0, 0.1) is 0 Å². The molecule has 0 aromatic heterocycles. The zero-order valence-corrected chi connectivity index (χ0v) is 5.75. The molecule has 4 nitrogen and oxygen atoms in total. The minimum atomic E-state index is 0.653. The van der Waals surface area contributed by atoms with Crippen LogP contribution >= 0.6 is 0 Å². The van der Waals surface area contributed by atoms with Gasteiger partial charge in [-0.25, -0.2) is 9.78 Å². The van der Waals surface area contributed by atoms with Crippen LogP contribution in [0.15, 0.2) is 0 Å². The van der Waals surface area contributed by atoms with Crippen LogP contribution in [0.4, 0.5) is 0 Å². The lowest BCUT2D eigenvalue weighted by atomic mass is 10.5. The van der Waals surface area contributed by atoms with Crippen molar-refractivity contribution in [2.45, 2.75) is 6.42 Å². The molecule has 0 atom stereocenters. The molecular formula is C5H12O4. The zero-order chi connectivity index (χ0) is 6.95. The highest BCUT2D eigenvalue weighted by Crippen LogP contribution is 1.93. The summed E-state index contributed by atoms with van der Waals surface area (Å²) in [7, 11) is 3.25. The molecule has 1 aliphatic heterocycles. The molecule has 0 N–H and O–H groups in total. The molecule has 1 heterocycles. The fraction of sp³-hybridized carbons (Fsp3) is 1.00. The quantitative estimate of drug-likeness (QED) is 0.455. The second-order valence-corrected chi connectivity index (χ2v) is 1.47. The number of rotatable bonds is 0. The van der Waals surface area contributed by atoms with Gasteiger partial charge in [-0.2, -0.15) is 0 Å². The summed E-state index contributed by atoms with van der Waals surface area (Å²) in [5.74, 6) is 0. The molecule has 1 rings (SSSR count). The highest BCUT2D eigenvalue weighted by atomic mass is 17.5. The third-order valence-corrected chi connectivity index (χ3v) is 0.552. The summed E-state index contributed by atoms with van der Waals surface area (Å²) in [6.07, 6.45) is 0.931. The van der Waals surface area contributed by atoms with Crippen molar-refractivity contribution in [3.63, 3.8) is 0 Å². The van der Waals surface area contributed by atoms with Crippen molar-refractivity contribution < 1.29 is 19.6 Å². The van der Waals surface area contributed by atoms with E-state index >= 15 is 0 Å². The van der Waals surface area contributed by atoms with E-state index in [-0.39, 0.29) is 0 Å². The Morgan fingerprint density at radius 3 is 1.67 bits per heavy atom. The molecule has 0 unspecified atom stereocenters. The van der Waals surface area contributed by atoms with Gasteiger partial charge in [0.2, 0.25) is 0 Å². The lowest BCUT2D eigenvalue weighted by Crippen LogP contribution is -2.08. The number of ether oxygens (including phenoxy) is 1. The minimum Gasteiger partial charge on any atom is -0.388 e. The molecule has 0 bridgehead atoms. The largest absolute Gasteiger partial charge is 0.388 e. The Bertz CT molecular complexity index is 32.7. The topological polar surface area (TPSA) is 36.9 Å². The maximum absolute atomic E-state index is 4.35. The summed E-state index contributed by atoms with van der Waals surface area (Å²) in [6, 6.07) is 0. The van der Waals surface area contributed by atoms with Gasteiger partial charge in [-0.3, -0.25) is 0 Å². The molecule has 0 spiro atoms. The maximum atomic E-state index is 4.35. The van der Waals surface area contributed by atoms with Crippen LogP contribution in [-0.4, -0.2) is 27.4 Å². The summed E-state index contributed by atoms with van der Waals surface area (Å²) in [6.45, 7) is 1.31. The molecule has 0 aromatic carbocycles. The molecule has 0 amide bonds. The van der Waals surface area contributed by atoms with E-state index in [4.69, 9.17) is 0 Å². The molecule has 0 saturated carbocycles. The van der Waals surface area contributed by atoms with E-state index in [9.17, 15) is 0 Å². The van der Waals surface area contributed by atoms with Crippen LogP contribution < -0.4 is 0 Å². The van der Waals surface area contributed by atoms with Gasteiger partial charge in [0.15, 0.2) is 0 Å². The minimum absolute atomic E-state index is 0.653. The van der Waals surface area contributed by atoms with Crippen molar-refractivity contribution in [3.8, 4) is 0 Å². The molecule has 56 valence electrons. The van der Waals surface area contributed by atoms with E-state index in [2.05, 4.69) is 19.6 Å². The van der Waals surface area contributed by atoms with Crippen LogP contribution in [0.1, 0.15) is 6.42 Å². The van der Waals surface area contributed by atoms with Crippen molar-refractivity contribution in [1.29, 1.82) is 0 Å². The molecular weight excluding hydrogens is 124 g/mol. The summed E-state index contributed by atoms with van der Waals surface area (Å²) in [5.41, 5.74) is 0. The van der Waals surface area contributed by atoms with Crippen molar-refractivity contribution in [2.75, 3.05) is 27.4 Å². The van der Waals surface area contributed by atoms with Gasteiger partial charge >= 0.3 is 0 Å². The predicted octanol–water partition coefficient (Wildman–Crippen LogP) is 0.532. The summed E-state index contributed by atoms with van der Waals surface area (Å²) < 4.78 is 4.25. The van der Waals surface area contributed by atoms with Crippen molar-refractivity contribution in [2.24, 2.45) is 0 Å². The van der Waals surface area contributed by atoms with E-state index in [1.54, 1.807) is 14.2 Å². The highest BCUT2D eigenvalue weighted by molar-refractivity contribution is 4.28. The first-order chi connectivity index (χ1) is 4.41. The lowest BCUT2D eigenvalue weighted by Gasteiger charge is -2.06. The highest BCUT2D eigenvalue weighted by Gasteiger charge is 1.96. The summed E-state index contributed by atoms with van der Waals surface area (Å²) in [5, 5.41) is 4.07. The molecule has 0 radical (unpaired) electrons. The summed E-state index contributed by atoms with van der Waals surface area (Å²) in [4.78, 5) is 8.69. The van der Waals surface area contributed by atoms with E-state index in [0.29, 0.717) is 13.2 Å². The normalized spacial score (nSPS) is 18.0. The predicted molar refractivity (Wildman–Crippen MR) is 30.5 cm³/mol. The third kappa shape index (κ3) is 7.84. The number of hydrogen-bond donors (Lipinski definition) is 0. The molecule has 4 heteroatoms. The van der Waals surface area contributed by atoms with Gasteiger partial charge in [0.05, 0.1) is 13.2 Å². The van der Waals surface area contributed by atoms with Crippen LogP contribution in [0.2, 0.25) is 0 Å². The molecule has 0 aromatic rings. The van der Waals surface area contributed by atoms with Crippen LogP contribution in [0.3, 0.4) is 0 Å². The molecule has 0 aliphatic carbocycles. The number of hydrogen-bond acceptors (Lipinski definition) is 4. The first-order valence-corrected chi connectivity index (χ1v) is 2.73. The Hall–Kier alpha value is -0.160. The monoisotopic (exact) mass is 136 g/mol. The molecule has 9 heavy (non-hydrogen) atoms. The Balaban J connectivity index is 0.000000187. The van der Waals surface area contributed by atoms with Gasteiger partial charge in [-0.05, 0) is 0 Å². The van der Waals surface area contributed by atoms with Gasteiger partial charge in [-0.1, -0.05) is 5.04 Å². The lowest BCUT2D eigenvalue weighted by molar-refractivity contribution is -0.532. The van der Waals surface area contributed by atoms with Gasteiger partial charge < -0.3 is 4.74 Å². The van der Waals surface area contributed by atoms with Gasteiger partial charge in [-0.15, -0.1) is 0 Å². The fourth-order valence-electron chi connectivity index (χ4n) is 0.279. The van der Waals surface area contributed by atoms with Gasteiger partial charge in [0.1, 0.15) is 0 Å². The Morgan fingerprint density at radius 2 is 1.56 bits per heavy atom. The second kappa shape index (κ2) is 7.84. The van der Waals surface area contributed by atoms with Crippen molar-refractivity contribution >= 4 is 0 Å². The molecule has 1 aliphatic rings. The van der Waals surface area contributed by atoms with Crippen molar-refractivity contribution in [1.82, 2.24) is 0 Å². The Morgan fingerprint density at radius 1 is 1.11 bits per heavy atom. The first kappa shape index (κ1) is 8.84. The Kier molecular flexibility index (Phi) is 7.70. The van der Waals surface area contributed by atoms with E-state index in [1.807, 2.05) is 0 Å². The zero-order valence-electron chi connectivity index (χ0n) is 5.75. The van der Waals surface area contributed by atoms with Gasteiger partial charge in [0, 0.05) is 20.6 Å². The second-order valence-electron chi connectivity index (χ2n) is 1.47. The van der Waals surface area contributed by atoms with Gasteiger partial charge in [0.25, 0.3) is 0 Å². The fourth-order valence-corrected chi connectivity index (χ4v) is 0.279. The average molecular weight is 136 g/mol. The van der Waals surface area contributed by atoms with Crippen LogP contribution in [0.5, 0.6) is 0 Å². The van der Waals surface area contributed by atoms with Crippen LogP contribution in [-0.2, 0) is 19.6 Å². The molecule has 1 saturated heterocycles. The standard InChI is InChI=1S/C3H6O3.C2H6O/c1-2-4-6-5-3-1;1-3-2/h1-3H2;1-2H3. The number of methoxy groups -OCH3 is 1. The summed E-state index contributed by atoms with van der Waals surface area (Å²) >= 11 is 0. The average Bonchev–Trinajstić information content (AvgIpc) is 1.93. The van der Waals surface area contributed by atoms with E-state index in [1.165, 1.54) is 0 Å². The molecule has 1 fully saturated rings. The first-order valence-electron chi connectivity index (χ1n) is 2.73. The van der Waals surface area contributed by atoms with E-state index in [0.717, 1.165) is 6.42 Å². The Labute approximate surface area is 54.5 Å². The SMILES string of the molecule is C1COOOC1.COC.